The van der Waals surface area contributed by atoms with Crippen molar-refractivity contribution >= 4 is 5.97 Å². The second-order valence-electron chi connectivity index (χ2n) is 14.9. The first-order chi connectivity index (χ1) is 19.7. The van der Waals surface area contributed by atoms with Gasteiger partial charge in [-0.3, -0.25) is 4.79 Å². The van der Waals surface area contributed by atoms with E-state index in [1.807, 2.05) is 13.8 Å². The molecule has 0 aromatic heterocycles. The zero-order chi connectivity index (χ0) is 31.8. The van der Waals surface area contributed by atoms with Crippen LogP contribution in [0.5, 0.6) is 0 Å². The van der Waals surface area contributed by atoms with Crippen LogP contribution in [-0.2, 0) is 9.53 Å². The van der Waals surface area contributed by atoms with Crippen LogP contribution in [0.25, 0.3) is 0 Å². The van der Waals surface area contributed by atoms with Gasteiger partial charge in [-0.05, 0) is 102 Å². The van der Waals surface area contributed by atoms with E-state index in [4.69, 9.17) is 9.84 Å². The van der Waals surface area contributed by atoms with Gasteiger partial charge in [0.1, 0.15) is 0 Å². The molecular weight excluding hydrogens is 528 g/mol. The molecule has 42 heavy (non-hydrogen) atoms. The van der Waals surface area contributed by atoms with Crippen LogP contribution in [0.15, 0.2) is 0 Å². The summed E-state index contributed by atoms with van der Waals surface area (Å²) in [6, 6.07) is 0. The highest BCUT2D eigenvalue weighted by molar-refractivity contribution is 5.69. The lowest BCUT2D eigenvalue weighted by molar-refractivity contribution is -0.141. The van der Waals surface area contributed by atoms with Gasteiger partial charge in [-0.2, -0.15) is 0 Å². The number of carbonyl (C=O) groups is 1. The first-order valence-corrected chi connectivity index (χ1v) is 17.7. The van der Waals surface area contributed by atoms with E-state index in [1.165, 1.54) is 32.1 Å². The van der Waals surface area contributed by atoms with E-state index in [1.54, 1.807) is 6.92 Å². The molecule has 9 unspecified atom stereocenters. The molecule has 1 aliphatic rings. The quantitative estimate of drug-likeness (QED) is 0.0830. The molecule has 0 radical (unpaired) electrons. The standard InChI is InChI=1S/C36H70O6/c1-8-9-10-11-12-13-25-42-33-30(5)29(4)32(37)26-31(33)20-19-27(2)17-14-21-35(6,40)23-16-24-36(7,41)22-15-18-28(3)34(38)39/h27-33,37,40-41H,8-26H2,1-7H3,(H,38,39). The average Bonchev–Trinajstić information content (AvgIpc) is 2.90. The lowest BCUT2D eigenvalue weighted by Gasteiger charge is -2.43. The summed E-state index contributed by atoms with van der Waals surface area (Å²) in [4.78, 5) is 11.0. The zero-order valence-electron chi connectivity index (χ0n) is 28.6. The predicted molar refractivity (Wildman–Crippen MR) is 174 cm³/mol. The number of rotatable bonds is 24. The fourth-order valence-corrected chi connectivity index (χ4v) is 6.90. The minimum absolute atomic E-state index is 0.238. The Labute approximate surface area is 259 Å². The molecule has 0 aliphatic heterocycles. The summed E-state index contributed by atoms with van der Waals surface area (Å²) in [6.45, 7) is 15.3. The van der Waals surface area contributed by atoms with Crippen molar-refractivity contribution in [2.75, 3.05) is 6.61 Å². The van der Waals surface area contributed by atoms with Gasteiger partial charge >= 0.3 is 5.97 Å². The lowest BCUT2D eigenvalue weighted by atomic mass is 9.70. The molecule has 9 atom stereocenters. The molecule has 1 aliphatic carbocycles. The fraction of sp³-hybridized carbons (Fsp3) is 0.972. The van der Waals surface area contributed by atoms with Crippen LogP contribution in [0, 0.1) is 29.6 Å². The zero-order valence-corrected chi connectivity index (χ0v) is 28.6. The molecule has 6 nitrogen and oxygen atoms in total. The molecule has 250 valence electrons. The number of ether oxygens (including phenoxy) is 1. The molecule has 0 bridgehead atoms. The maximum absolute atomic E-state index is 11.0. The number of hydrogen-bond donors (Lipinski definition) is 4. The highest BCUT2D eigenvalue weighted by atomic mass is 16.5. The molecule has 0 saturated heterocycles. The first-order valence-electron chi connectivity index (χ1n) is 17.7. The predicted octanol–water partition coefficient (Wildman–Crippen LogP) is 8.54. The van der Waals surface area contributed by atoms with Crippen molar-refractivity contribution < 1.29 is 30.0 Å². The maximum Gasteiger partial charge on any atom is 0.306 e. The monoisotopic (exact) mass is 599 g/mol. The summed E-state index contributed by atoms with van der Waals surface area (Å²) < 4.78 is 6.51. The van der Waals surface area contributed by atoms with Crippen LogP contribution >= 0.6 is 0 Å². The number of hydrogen-bond acceptors (Lipinski definition) is 5. The number of aliphatic hydroxyl groups excluding tert-OH is 1. The molecule has 0 amide bonds. The van der Waals surface area contributed by atoms with Gasteiger partial charge in [-0.1, -0.05) is 86.0 Å². The maximum atomic E-state index is 11.0. The third kappa shape index (κ3) is 16.4. The number of carboxylic acids is 1. The second kappa shape index (κ2) is 20.4. The topological polar surface area (TPSA) is 107 Å². The summed E-state index contributed by atoms with van der Waals surface area (Å²) in [5.41, 5.74) is -1.55. The van der Waals surface area contributed by atoms with Crippen LogP contribution in [-0.4, -0.2) is 56.4 Å². The van der Waals surface area contributed by atoms with Crippen molar-refractivity contribution in [3.63, 3.8) is 0 Å². The Balaban J connectivity index is 2.37. The molecule has 1 fully saturated rings. The SMILES string of the molecule is CCCCCCCCOC1C(CCC(C)CCCC(C)(O)CCCC(C)(O)CCCC(C)C(=O)O)CC(O)C(C)C1C. The molecule has 0 aromatic carbocycles. The van der Waals surface area contributed by atoms with Crippen LogP contribution < -0.4 is 0 Å². The van der Waals surface area contributed by atoms with Crippen LogP contribution in [0.2, 0.25) is 0 Å². The summed E-state index contributed by atoms with van der Waals surface area (Å²) in [5, 5.41) is 41.4. The Hall–Kier alpha value is -0.690. The van der Waals surface area contributed by atoms with Gasteiger partial charge in [0.2, 0.25) is 0 Å². The van der Waals surface area contributed by atoms with Crippen molar-refractivity contribution in [3.8, 4) is 0 Å². The van der Waals surface area contributed by atoms with Crippen molar-refractivity contribution in [2.45, 2.75) is 187 Å². The summed E-state index contributed by atoms with van der Waals surface area (Å²) in [5.74, 6) is 0.472. The fourth-order valence-electron chi connectivity index (χ4n) is 6.90. The van der Waals surface area contributed by atoms with E-state index in [0.29, 0.717) is 49.9 Å². The third-order valence-electron chi connectivity index (χ3n) is 10.4. The van der Waals surface area contributed by atoms with Gasteiger partial charge in [-0.25, -0.2) is 0 Å². The van der Waals surface area contributed by atoms with Crippen molar-refractivity contribution in [1.82, 2.24) is 0 Å². The summed E-state index contributed by atoms with van der Waals surface area (Å²) in [6.07, 6.45) is 17.4. The van der Waals surface area contributed by atoms with E-state index in [2.05, 4.69) is 27.7 Å². The molecule has 0 aromatic rings. The van der Waals surface area contributed by atoms with Gasteiger partial charge < -0.3 is 25.2 Å². The van der Waals surface area contributed by atoms with Gasteiger partial charge in [0, 0.05) is 6.61 Å². The molecule has 0 heterocycles. The van der Waals surface area contributed by atoms with Gasteiger partial charge in [-0.15, -0.1) is 0 Å². The number of aliphatic carboxylic acids is 1. The second-order valence-corrected chi connectivity index (χ2v) is 14.9. The van der Waals surface area contributed by atoms with Crippen LogP contribution in [0.1, 0.15) is 164 Å². The Morgan fingerprint density at radius 2 is 1.36 bits per heavy atom. The lowest BCUT2D eigenvalue weighted by Crippen LogP contribution is -2.45. The summed E-state index contributed by atoms with van der Waals surface area (Å²) in [7, 11) is 0. The minimum atomic E-state index is -0.818. The smallest absolute Gasteiger partial charge is 0.306 e. The highest BCUT2D eigenvalue weighted by Gasteiger charge is 2.40. The minimum Gasteiger partial charge on any atom is -0.481 e. The first kappa shape index (κ1) is 39.3. The average molecular weight is 599 g/mol. The molecule has 0 spiro atoms. The normalized spacial score (nSPS) is 27.2. The molecular formula is C36H70O6. The number of aliphatic hydroxyl groups is 3. The van der Waals surface area contributed by atoms with Crippen LogP contribution in [0.4, 0.5) is 0 Å². The van der Waals surface area contributed by atoms with E-state index < -0.39 is 17.2 Å². The molecule has 4 N–H and O–H groups in total. The Morgan fingerprint density at radius 3 is 1.95 bits per heavy atom. The molecule has 1 rings (SSSR count). The van der Waals surface area contributed by atoms with Gasteiger partial charge in [0.25, 0.3) is 0 Å². The Bertz CT molecular complexity index is 707. The van der Waals surface area contributed by atoms with Crippen molar-refractivity contribution in [2.24, 2.45) is 29.6 Å². The molecule has 1 saturated carbocycles. The third-order valence-corrected chi connectivity index (χ3v) is 10.4. The van der Waals surface area contributed by atoms with E-state index >= 15 is 0 Å². The Kier molecular flexibility index (Phi) is 19.1. The van der Waals surface area contributed by atoms with E-state index in [-0.39, 0.29) is 24.0 Å². The Morgan fingerprint density at radius 1 is 0.810 bits per heavy atom. The van der Waals surface area contributed by atoms with Crippen LogP contribution in [0.3, 0.4) is 0 Å². The highest BCUT2D eigenvalue weighted by Crippen LogP contribution is 2.39. The van der Waals surface area contributed by atoms with Crippen molar-refractivity contribution in [3.05, 3.63) is 0 Å². The number of unbranched alkanes of at least 4 members (excludes halogenated alkanes) is 5. The van der Waals surface area contributed by atoms with Gasteiger partial charge in [0.15, 0.2) is 0 Å². The molecule has 6 heteroatoms. The summed E-state index contributed by atoms with van der Waals surface area (Å²) >= 11 is 0. The van der Waals surface area contributed by atoms with Gasteiger partial charge in [0.05, 0.1) is 29.3 Å². The number of carboxylic acid groups (broad SMARTS) is 1. The van der Waals surface area contributed by atoms with E-state index in [0.717, 1.165) is 58.0 Å². The largest absolute Gasteiger partial charge is 0.481 e. The van der Waals surface area contributed by atoms with Crippen molar-refractivity contribution in [1.29, 1.82) is 0 Å². The van der Waals surface area contributed by atoms with E-state index in [9.17, 15) is 20.1 Å².